The molecule has 0 aliphatic rings. The van der Waals surface area contributed by atoms with E-state index in [9.17, 15) is 4.79 Å². The van der Waals surface area contributed by atoms with Crippen molar-refractivity contribution in [3.8, 4) is 0 Å². The van der Waals surface area contributed by atoms with Crippen LogP contribution in [-0.2, 0) is 4.79 Å². The fourth-order valence-electron chi connectivity index (χ4n) is 1.05. The number of hydrogen-bond acceptors (Lipinski definition) is 2. The highest BCUT2D eigenvalue weighted by Crippen LogP contribution is 2.25. The Hall–Kier alpha value is -0.770. The van der Waals surface area contributed by atoms with Crippen LogP contribution in [0.15, 0.2) is 18.2 Å². The van der Waals surface area contributed by atoms with Crippen molar-refractivity contribution in [2.24, 2.45) is 5.73 Å². The number of carboxylic acid groups (broad SMARTS) is 1. The van der Waals surface area contributed by atoms with E-state index in [-0.39, 0.29) is 6.42 Å². The number of rotatable bonds is 3. The Bertz CT molecular complexity index is 355. The molecule has 5 heteroatoms. The molecular formula is C9H9Cl2NO2. The molecule has 0 amide bonds. The van der Waals surface area contributed by atoms with E-state index in [0.717, 1.165) is 0 Å². The lowest BCUT2D eigenvalue weighted by Gasteiger charge is -2.09. The fraction of sp³-hybridized carbons (Fsp3) is 0.222. The van der Waals surface area contributed by atoms with Crippen LogP contribution in [0.2, 0.25) is 10.0 Å². The molecule has 0 saturated heterocycles. The summed E-state index contributed by atoms with van der Waals surface area (Å²) in [6.07, 6.45) is -0.127. The molecule has 14 heavy (non-hydrogen) atoms. The summed E-state index contributed by atoms with van der Waals surface area (Å²) in [6.45, 7) is 0. The van der Waals surface area contributed by atoms with Gasteiger partial charge in [0.1, 0.15) is 0 Å². The zero-order chi connectivity index (χ0) is 10.7. The molecule has 3 N–H and O–H groups in total. The normalized spacial score (nSPS) is 12.5. The second-order valence-electron chi connectivity index (χ2n) is 2.88. The van der Waals surface area contributed by atoms with Gasteiger partial charge in [-0.1, -0.05) is 29.3 Å². The third kappa shape index (κ3) is 2.87. The minimum absolute atomic E-state index is 0.127. The third-order valence-electron chi connectivity index (χ3n) is 1.77. The summed E-state index contributed by atoms with van der Waals surface area (Å²) >= 11 is 11.5. The molecule has 0 aliphatic heterocycles. The summed E-state index contributed by atoms with van der Waals surface area (Å²) in [5.74, 6) is -0.941. The summed E-state index contributed by atoms with van der Waals surface area (Å²) in [7, 11) is 0. The van der Waals surface area contributed by atoms with Gasteiger partial charge in [0, 0.05) is 6.04 Å². The number of benzene rings is 1. The predicted octanol–water partition coefficient (Wildman–Crippen LogP) is 2.47. The van der Waals surface area contributed by atoms with Gasteiger partial charge in [0.25, 0.3) is 0 Å². The fourth-order valence-corrected chi connectivity index (χ4v) is 1.36. The lowest BCUT2D eigenvalue weighted by Crippen LogP contribution is -2.14. The van der Waals surface area contributed by atoms with E-state index >= 15 is 0 Å². The smallest absolute Gasteiger partial charge is 0.305 e. The van der Waals surface area contributed by atoms with Crippen LogP contribution in [0, 0.1) is 0 Å². The zero-order valence-electron chi connectivity index (χ0n) is 7.21. The van der Waals surface area contributed by atoms with Crippen LogP contribution >= 0.6 is 23.2 Å². The zero-order valence-corrected chi connectivity index (χ0v) is 8.72. The Kier molecular flexibility index (Phi) is 3.75. The molecule has 0 spiro atoms. The standard InChI is InChI=1S/C9H9Cl2NO2/c10-6-2-1-5(3-7(6)11)8(12)4-9(13)14/h1-3,8H,4,12H2,(H,13,14)/t8-/m1/s1. The Labute approximate surface area is 91.4 Å². The Morgan fingerprint density at radius 2 is 2.07 bits per heavy atom. The van der Waals surface area contributed by atoms with E-state index in [1.54, 1.807) is 18.2 Å². The Balaban J connectivity index is 2.85. The van der Waals surface area contributed by atoms with Crippen LogP contribution in [-0.4, -0.2) is 11.1 Å². The largest absolute Gasteiger partial charge is 0.481 e. The van der Waals surface area contributed by atoms with Crippen molar-refractivity contribution in [2.45, 2.75) is 12.5 Å². The topological polar surface area (TPSA) is 63.3 Å². The van der Waals surface area contributed by atoms with Crippen molar-refractivity contribution in [2.75, 3.05) is 0 Å². The number of hydrogen-bond donors (Lipinski definition) is 2. The van der Waals surface area contributed by atoms with Gasteiger partial charge in [-0.05, 0) is 17.7 Å². The van der Waals surface area contributed by atoms with Crippen molar-refractivity contribution < 1.29 is 9.90 Å². The molecule has 0 aromatic heterocycles. The average Bonchev–Trinajstić information content (AvgIpc) is 2.08. The summed E-state index contributed by atoms with van der Waals surface area (Å²) in [5, 5.41) is 9.34. The van der Waals surface area contributed by atoms with Gasteiger partial charge in [-0.15, -0.1) is 0 Å². The van der Waals surface area contributed by atoms with Crippen LogP contribution in [0.5, 0.6) is 0 Å². The van der Waals surface area contributed by atoms with E-state index in [1.165, 1.54) is 0 Å². The minimum atomic E-state index is -0.941. The van der Waals surface area contributed by atoms with Gasteiger partial charge in [0.15, 0.2) is 0 Å². The van der Waals surface area contributed by atoms with Gasteiger partial charge in [-0.25, -0.2) is 0 Å². The molecule has 0 fully saturated rings. The van der Waals surface area contributed by atoms with Gasteiger partial charge >= 0.3 is 5.97 Å². The van der Waals surface area contributed by atoms with Crippen molar-refractivity contribution in [1.82, 2.24) is 0 Å². The average molecular weight is 234 g/mol. The maximum atomic E-state index is 10.4. The predicted molar refractivity (Wildman–Crippen MR) is 55.6 cm³/mol. The van der Waals surface area contributed by atoms with Crippen LogP contribution in [0.4, 0.5) is 0 Å². The van der Waals surface area contributed by atoms with Gasteiger partial charge < -0.3 is 10.8 Å². The number of aliphatic carboxylic acids is 1. The SMILES string of the molecule is N[C@H](CC(=O)O)c1ccc(Cl)c(Cl)c1. The molecule has 0 radical (unpaired) electrons. The lowest BCUT2D eigenvalue weighted by molar-refractivity contribution is -0.137. The van der Waals surface area contributed by atoms with Gasteiger partial charge in [-0.3, -0.25) is 4.79 Å². The molecule has 0 unspecified atom stereocenters. The first kappa shape index (κ1) is 11.3. The summed E-state index contributed by atoms with van der Waals surface area (Å²) in [6, 6.07) is 4.29. The highest BCUT2D eigenvalue weighted by atomic mass is 35.5. The van der Waals surface area contributed by atoms with Crippen LogP contribution in [0.1, 0.15) is 18.0 Å². The quantitative estimate of drug-likeness (QED) is 0.844. The van der Waals surface area contributed by atoms with Crippen LogP contribution in [0.3, 0.4) is 0 Å². The van der Waals surface area contributed by atoms with E-state index in [2.05, 4.69) is 0 Å². The molecule has 0 saturated carbocycles. The molecule has 1 atom stereocenters. The Morgan fingerprint density at radius 1 is 1.43 bits per heavy atom. The van der Waals surface area contributed by atoms with E-state index in [4.69, 9.17) is 34.0 Å². The summed E-state index contributed by atoms with van der Waals surface area (Å²) in [5.41, 5.74) is 6.30. The van der Waals surface area contributed by atoms with Gasteiger partial charge in [0.2, 0.25) is 0 Å². The second kappa shape index (κ2) is 4.64. The highest BCUT2D eigenvalue weighted by molar-refractivity contribution is 6.42. The van der Waals surface area contributed by atoms with Crippen molar-refractivity contribution >= 4 is 29.2 Å². The third-order valence-corrected chi connectivity index (χ3v) is 2.51. The highest BCUT2D eigenvalue weighted by Gasteiger charge is 2.11. The van der Waals surface area contributed by atoms with E-state index in [1.807, 2.05) is 0 Å². The van der Waals surface area contributed by atoms with Crippen molar-refractivity contribution in [1.29, 1.82) is 0 Å². The van der Waals surface area contributed by atoms with E-state index in [0.29, 0.717) is 15.6 Å². The lowest BCUT2D eigenvalue weighted by atomic mass is 10.1. The molecular weight excluding hydrogens is 225 g/mol. The number of carbonyl (C=O) groups is 1. The van der Waals surface area contributed by atoms with Crippen molar-refractivity contribution in [3.63, 3.8) is 0 Å². The molecule has 0 aliphatic carbocycles. The first-order valence-corrected chi connectivity index (χ1v) is 4.68. The van der Waals surface area contributed by atoms with Gasteiger partial charge in [-0.2, -0.15) is 0 Å². The molecule has 1 aromatic rings. The maximum Gasteiger partial charge on any atom is 0.305 e. The number of carboxylic acids is 1. The molecule has 0 heterocycles. The first-order chi connectivity index (χ1) is 6.50. The summed E-state index contributed by atoms with van der Waals surface area (Å²) in [4.78, 5) is 10.4. The minimum Gasteiger partial charge on any atom is -0.481 e. The molecule has 76 valence electrons. The van der Waals surface area contributed by atoms with E-state index < -0.39 is 12.0 Å². The first-order valence-electron chi connectivity index (χ1n) is 3.93. The number of nitrogens with two attached hydrogens (primary N) is 1. The molecule has 0 bridgehead atoms. The van der Waals surface area contributed by atoms with Crippen LogP contribution < -0.4 is 5.73 Å². The monoisotopic (exact) mass is 233 g/mol. The van der Waals surface area contributed by atoms with Crippen LogP contribution in [0.25, 0.3) is 0 Å². The molecule has 1 rings (SSSR count). The van der Waals surface area contributed by atoms with Crippen molar-refractivity contribution in [3.05, 3.63) is 33.8 Å². The maximum absolute atomic E-state index is 10.4. The molecule has 3 nitrogen and oxygen atoms in total. The Morgan fingerprint density at radius 3 is 2.57 bits per heavy atom. The number of halogens is 2. The summed E-state index contributed by atoms with van der Waals surface area (Å²) < 4.78 is 0. The second-order valence-corrected chi connectivity index (χ2v) is 3.69. The van der Waals surface area contributed by atoms with Gasteiger partial charge in [0.05, 0.1) is 16.5 Å². The molecule has 1 aromatic carbocycles.